The first kappa shape index (κ1) is 22.3. The lowest BCUT2D eigenvalue weighted by Crippen LogP contribution is -2.25. The van der Waals surface area contributed by atoms with Crippen molar-refractivity contribution < 1.29 is 4.79 Å². The summed E-state index contributed by atoms with van der Waals surface area (Å²) in [4.78, 5) is 11.8. The molecule has 0 aliphatic rings. The number of hydrogen-bond donors (Lipinski definition) is 1. The molecular formula is C20H26ClN5OS. The number of unbranched alkanes of at least 4 members (excludes halogenated alkanes) is 5. The maximum atomic E-state index is 11.8. The molecule has 28 heavy (non-hydrogen) atoms. The third-order valence-corrected chi connectivity index (χ3v) is 5.47. The Morgan fingerprint density at radius 2 is 1.89 bits per heavy atom. The van der Waals surface area contributed by atoms with E-state index in [1.54, 1.807) is 0 Å². The number of nitrogens with one attached hydrogen (secondary N) is 1. The summed E-state index contributed by atoms with van der Waals surface area (Å²) in [5.41, 5.74) is 0.948. The van der Waals surface area contributed by atoms with Crippen LogP contribution in [-0.4, -0.2) is 33.0 Å². The van der Waals surface area contributed by atoms with Gasteiger partial charge in [-0.25, -0.2) is 0 Å². The Kier molecular flexibility index (Phi) is 9.87. The highest BCUT2D eigenvalue weighted by Gasteiger charge is 2.15. The van der Waals surface area contributed by atoms with Gasteiger partial charge in [0.1, 0.15) is 6.54 Å². The van der Waals surface area contributed by atoms with E-state index in [0.717, 1.165) is 30.8 Å². The largest absolute Gasteiger partial charge is 0.342 e. The SMILES string of the molecule is CCCCCCCCn1c(SCC(=O)NCC#N)nnc1-c1ccc(Cl)cc1. The van der Waals surface area contributed by atoms with Crippen LogP contribution >= 0.6 is 23.4 Å². The van der Waals surface area contributed by atoms with Gasteiger partial charge in [0.15, 0.2) is 11.0 Å². The summed E-state index contributed by atoms with van der Waals surface area (Å²) >= 11 is 7.34. The van der Waals surface area contributed by atoms with Crippen molar-refractivity contribution >= 4 is 29.3 Å². The molecule has 1 amide bonds. The minimum Gasteiger partial charge on any atom is -0.342 e. The molecule has 150 valence electrons. The second kappa shape index (κ2) is 12.4. The molecule has 0 aliphatic carbocycles. The molecule has 1 aromatic heterocycles. The van der Waals surface area contributed by atoms with Gasteiger partial charge in [-0.05, 0) is 30.7 Å². The van der Waals surface area contributed by atoms with E-state index in [1.165, 1.54) is 37.4 Å². The highest BCUT2D eigenvalue weighted by molar-refractivity contribution is 7.99. The molecule has 0 radical (unpaired) electrons. The average Bonchev–Trinajstić information content (AvgIpc) is 3.10. The zero-order valence-corrected chi connectivity index (χ0v) is 17.7. The predicted octanol–water partition coefficient (Wildman–Crippen LogP) is 4.69. The standard InChI is InChI=1S/C20H26ClN5OS/c1-2-3-4-5-6-7-14-26-19(16-8-10-17(21)11-9-16)24-25-20(26)28-15-18(27)23-13-12-22/h8-11H,2-7,13-15H2,1H3,(H,23,27). The number of benzene rings is 1. The molecule has 6 nitrogen and oxygen atoms in total. The van der Waals surface area contributed by atoms with Crippen molar-refractivity contribution in [3.8, 4) is 17.5 Å². The Hall–Kier alpha value is -2.04. The number of amides is 1. The summed E-state index contributed by atoms with van der Waals surface area (Å²) in [5.74, 6) is 0.801. The Morgan fingerprint density at radius 3 is 2.61 bits per heavy atom. The molecular weight excluding hydrogens is 394 g/mol. The molecule has 2 rings (SSSR count). The smallest absolute Gasteiger partial charge is 0.231 e. The summed E-state index contributed by atoms with van der Waals surface area (Å²) in [6.45, 7) is 3.03. The highest BCUT2D eigenvalue weighted by atomic mass is 35.5. The number of carbonyl (C=O) groups is 1. The van der Waals surface area contributed by atoms with Gasteiger partial charge in [0.2, 0.25) is 5.91 Å². The van der Waals surface area contributed by atoms with E-state index in [0.29, 0.717) is 10.2 Å². The fraction of sp³-hybridized carbons (Fsp3) is 0.500. The molecule has 1 aromatic carbocycles. The second-order valence-corrected chi connectivity index (χ2v) is 7.83. The second-order valence-electron chi connectivity index (χ2n) is 6.46. The minimum atomic E-state index is -0.186. The van der Waals surface area contributed by atoms with E-state index in [4.69, 9.17) is 16.9 Å². The van der Waals surface area contributed by atoms with Gasteiger partial charge in [-0.3, -0.25) is 4.79 Å². The molecule has 0 bridgehead atoms. The van der Waals surface area contributed by atoms with Gasteiger partial charge in [-0.1, -0.05) is 62.4 Å². The number of halogens is 1. The van der Waals surface area contributed by atoms with Crippen LogP contribution in [0.2, 0.25) is 5.02 Å². The zero-order valence-electron chi connectivity index (χ0n) is 16.2. The lowest BCUT2D eigenvalue weighted by atomic mass is 10.1. The van der Waals surface area contributed by atoms with E-state index < -0.39 is 0 Å². The number of aromatic nitrogens is 3. The molecule has 1 N–H and O–H groups in total. The molecule has 1 heterocycles. The van der Waals surface area contributed by atoms with Crippen molar-refractivity contribution in [1.29, 1.82) is 5.26 Å². The number of rotatable bonds is 12. The van der Waals surface area contributed by atoms with Gasteiger partial charge in [0, 0.05) is 17.1 Å². The van der Waals surface area contributed by atoms with Gasteiger partial charge >= 0.3 is 0 Å². The highest BCUT2D eigenvalue weighted by Crippen LogP contribution is 2.26. The van der Waals surface area contributed by atoms with Crippen LogP contribution in [0.15, 0.2) is 29.4 Å². The van der Waals surface area contributed by atoms with Gasteiger partial charge in [0.25, 0.3) is 0 Å². The summed E-state index contributed by atoms with van der Waals surface area (Å²) in [6.07, 6.45) is 7.21. The Balaban J connectivity index is 2.07. The number of nitriles is 1. The molecule has 2 aromatic rings. The van der Waals surface area contributed by atoms with Gasteiger partial charge in [-0.15, -0.1) is 10.2 Å². The Bertz CT molecular complexity index is 785. The third-order valence-electron chi connectivity index (χ3n) is 4.25. The van der Waals surface area contributed by atoms with Gasteiger partial charge in [-0.2, -0.15) is 5.26 Å². The Labute approximate surface area is 175 Å². The third kappa shape index (κ3) is 7.17. The first-order chi connectivity index (χ1) is 13.7. The quantitative estimate of drug-likeness (QED) is 0.306. The van der Waals surface area contributed by atoms with Crippen molar-refractivity contribution in [3.05, 3.63) is 29.3 Å². The first-order valence-electron chi connectivity index (χ1n) is 9.61. The van der Waals surface area contributed by atoms with Crippen LogP contribution in [0.4, 0.5) is 0 Å². The maximum absolute atomic E-state index is 11.8. The predicted molar refractivity (Wildman–Crippen MR) is 113 cm³/mol. The van der Waals surface area contributed by atoms with Crippen LogP contribution in [0.3, 0.4) is 0 Å². The minimum absolute atomic E-state index is 0.0138. The van der Waals surface area contributed by atoms with E-state index in [2.05, 4.69) is 27.0 Å². The van der Waals surface area contributed by atoms with Crippen LogP contribution in [0.25, 0.3) is 11.4 Å². The topological polar surface area (TPSA) is 83.6 Å². The van der Waals surface area contributed by atoms with Crippen molar-refractivity contribution in [3.63, 3.8) is 0 Å². The van der Waals surface area contributed by atoms with Crippen LogP contribution < -0.4 is 5.32 Å². The molecule has 0 atom stereocenters. The number of hydrogen-bond acceptors (Lipinski definition) is 5. The van der Waals surface area contributed by atoms with Crippen molar-refractivity contribution in [2.45, 2.75) is 57.1 Å². The van der Waals surface area contributed by atoms with E-state index in [-0.39, 0.29) is 18.2 Å². The molecule has 0 unspecified atom stereocenters. The molecule has 0 saturated carbocycles. The molecule has 8 heteroatoms. The fourth-order valence-electron chi connectivity index (χ4n) is 2.78. The average molecular weight is 420 g/mol. The monoisotopic (exact) mass is 419 g/mol. The van der Waals surface area contributed by atoms with Crippen LogP contribution in [-0.2, 0) is 11.3 Å². The fourth-order valence-corrected chi connectivity index (χ4v) is 3.70. The van der Waals surface area contributed by atoms with Crippen molar-refractivity contribution in [2.24, 2.45) is 0 Å². The molecule has 0 aliphatic heterocycles. The van der Waals surface area contributed by atoms with Crippen molar-refractivity contribution in [2.75, 3.05) is 12.3 Å². The number of carbonyl (C=O) groups excluding carboxylic acids is 1. The molecule has 0 spiro atoms. The lowest BCUT2D eigenvalue weighted by molar-refractivity contribution is -0.118. The lowest BCUT2D eigenvalue weighted by Gasteiger charge is -2.10. The van der Waals surface area contributed by atoms with Crippen molar-refractivity contribution in [1.82, 2.24) is 20.1 Å². The maximum Gasteiger partial charge on any atom is 0.231 e. The van der Waals surface area contributed by atoms with Gasteiger partial charge < -0.3 is 9.88 Å². The zero-order chi connectivity index (χ0) is 20.2. The van der Waals surface area contributed by atoms with Crippen LogP contribution in [0.1, 0.15) is 45.4 Å². The van der Waals surface area contributed by atoms with E-state index in [9.17, 15) is 4.79 Å². The molecule has 0 fully saturated rings. The number of thioether (sulfide) groups is 1. The first-order valence-corrected chi connectivity index (χ1v) is 11.0. The number of nitrogens with zero attached hydrogens (tertiary/aromatic N) is 4. The molecule has 0 saturated heterocycles. The summed E-state index contributed by atoms with van der Waals surface area (Å²) < 4.78 is 2.07. The summed E-state index contributed by atoms with van der Waals surface area (Å²) in [7, 11) is 0. The summed E-state index contributed by atoms with van der Waals surface area (Å²) in [5, 5.41) is 21.1. The van der Waals surface area contributed by atoms with E-state index >= 15 is 0 Å². The van der Waals surface area contributed by atoms with Crippen LogP contribution in [0, 0.1) is 11.3 Å². The normalized spacial score (nSPS) is 10.6. The van der Waals surface area contributed by atoms with Crippen LogP contribution in [0.5, 0.6) is 0 Å². The van der Waals surface area contributed by atoms with E-state index in [1.807, 2.05) is 30.3 Å². The Morgan fingerprint density at radius 1 is 1.18 bits per heavy atom. The van der Waals surface area contributed by atoms with Gasteiger partial charge in [0.05, 0.1) is 11.8 Å². The summed E-state index contributed by atoms with van der Waals surface area (Å²) in [6, 6.07) is 9.43.